The molecule has 0 bridgehead atoms. The monoisotopic (exact) mass is 356 g/mol. The van der Waals surface area contributed by atoms with Gasteiger partial charge in [0.2, 0.25) is 6.43 Å². The first-order valence-corrected chi connectivity index (χ1v) is 7.07. The van der Waals surface area contributed by atoms with Crippen molar-refractivity contribution in [3.8, 4) is 11.5 Å². The van der Waals surface area contributed by atoms with Crippen molar-refractivity contribution in [1.82, 2.24) is 10.2 Å². The molecule has 2 aliphatic heterocycles. The quantitative estimate of drug-likeness (QED) is 0.841. The van der Waals surface area contributed by atoms with Gasteiger partial charge in [-0.05, 0) is 17.7 Å². The van der Waals surface area contributed by atoms with Gasteiger partial charge in [0.1, 0.15) is 0 Å². The van der Waals surface area contributed by atoms with Gasteiger partial charge in [0.15, 0.2) is 11.5 Å². The molecule has 1 atom stereocenters. The van der Waals surface area contributed by atoms with Crippen LogP contribution in [0.1, 0.15) is 18.0 Å². The van der Waals surface area contributed by atoms with E-state index in [1.807, 2.05) is 4.90 Å². The average molecular weight is 357 g/mol. The molecule has 2 aliphatic rings. The van der Waals surface area contributed by atoms with Crippen LogP contribution in [-0.4, -0.2) is 43.8 Å². The Labute approximate surface area is 137 Å². The van der Waals surface area contributed by atoms with E-state index in [2.05, 4.69) is 14.8 Å². The van der Waals surface area contributed by atoms with E-state index in [0.29, 0.717) is 31.7 Å². The summed E-state index contributed by atoms with van der Waals surface area (Å²) in [5, 5.41) is 3.15. The van der Waals surface area contributed by atoms with Crippen molar-refractivity contribution in [2.45, 2.75) is 25.2 Å². The lowest BCUT2D eigenvalue weighted by molar-refractivity contribution is -0.286. The van der Waals surface area contributed by atoms with E-state index in [1.165, 1.54) is 12.1 Å². The Balaban J connectivity index is 0.00000192. The third-order valence-corrected chi connectivity index (χ3v) is 3.80. The standard InChI is InChI=1S/C14H16F4N2O2.ClH/c15-13(16)8-10(20-5-3-19-4-6-20)9-1-2-11-12(7-9)22-14(17,18)21-11;/h1-2,7,10,13,19H,3-6,8H2;1H/t10-;/m0./s1. The lowest BCUT2D eigenvalue weighted by atomic mass is 10.0. The fraction of sp³-hybridized carbons (Fsp3) is 0.571. The molecule has 0 unspecified atom stereocenters. The van der Waals surface area contributed by atoms with Crippen molar-refractivity contribution in [1.29, 1.82) is 0 Å². The first-order chi connectivity index (χ1) is 10.4. The van der Waals surface area contributed by atoms with Gasteiger partial charge in [-0.15, -0.1) is 21.2 Å². The first-order valence-electron chi connectivity index (χ1n) is 7.07. The number of ether oxygens (including phenoxy) is 2. The van der Waals surface area contributed by atoms with Crippen molar-refractivity contribution in [2.75, 3.05) is 26.2 Å². The van der Waals surface area contributed by atoms with Crippen molar-refractivity contribution >= 4 is 12.4 Å². The largest absolute Gasteiger partial charge is 0.586 e. The average Bonchev–Trinajstić information content (AvgIpc) is 2.78. The van der Waals surface area contributed by atoms with Gasteiger partial charge in [-0.25, -0.2) is 8.78 Å². The number of benzene rings is 1. The van der Waals surface area contributed by atoms with Crippen molar-refractivity contribution in [3.63, 3.8) is 0 Å². The third kappa shape index (κ3) is 4.19. The number of rotatable bonds is 4. The van der Waals surface area contributed by atoms with E-state index in [4.69, 9.17) is 0 Å². The fourth-order valence-electron chi connectivity index (χ4n) is 2.83. The summed E-state index contributed by atoms with van der Waals surface area (Å²) < 4.78 is 60.6. The minimum absolute atomic E-state index is 0. The predicted molar refractivity (Wildman–Crippen MR) is 77.7 cm³/mol. The highest BCUT2D eigenvalue weighted by Crippen LogP contribution is 2.43. The summed E-state index contributed by atoms with van der Waals surface area (Å²) >= 11 is 0. The number of hydrogen-bond donors (Lipinski definition) is 1. The summed E-state index contributed by atoms with van der Waals surface area (Å²) in [6.07, 6.45) is -6.53. The normalized spacial score (nSPS) is 21.1. The van der Waals surface area contributed by atoms with E-state index in [1.54, 1.807) is 6.07 Å². The Bertz CT molecular complexity index is 542. The summed E-state index contributed by atoms with van der Waals surface area (Å²) in [5.74, 6) is -0.193. The smallest absolute Gasteiger partial charge is 0.395 e. The highest BCUT2D eigenvalue weighted by atomic mass is 35.5. The number of alkyl halides is 4. The van der Waals surface area contributed by atoms with Gasteiger partial charge in [-0.1, -0.05) is 6.07 Å². The van der Waals surface area contributed by atoms with Crippen molar-refractivity contribution in [2.24, 2.45) is 0 Å². The third-order valence-electron chi connectivity index (χ3n) is 3.80. The molecule has 130 valence electrons. The van der Waals surface area contributed by atoms with Gasteiger partial charge >= 0.3 is 6.29 Å². The van der Waals surface area contributed by atoms with Crippen LogP contribution in [0.25, 0.3) is 0 Å². The van der Waals surface area contributed by atoms with Crippen LogP contribution in [0, 0.1) is 0 Å². The second-order valence-corrected chi connectivity index (χ2v) is 5.30. The summed E-state index contributed by atoms with van der Waals surface area (Å²) in [6.45, 7) is 2.68. The molecule has 2 heterocycles. The van der Waals surface area contributed by atoms with E-state index in [0.717, 1.165) is 0 Å². The number of hydrogen-bond acceptors (Lipinski definition) is 4. The van der Waals surface area contributed by atoms with Gasteiger partial charge in [-0.3, -0.25) is 4.90 Å². The first kappa shape index (κ1) is 18.1. The van der Waals surface area contributed by atoms with Gasteiger partial charge < -0.3 is 14.8 Å². The number of nitrogens with one attached hydrogen (secondary N) is 1. The SMILES string of the molecule is Cl.FC(F)C[C@@H](c1ccc2c(c1)OC(F)(F)O2)N1CCNCC1. The van der Waals surface area contributed by atoms with Crippen molar-refractivity contribution < 1.29 is 27.0 Å². The Morgan fingerprint density at radius 2 is 1.78 bits per heavy atom. The summed E-state index contributed by atoms with van der Waals surface area (Å²) in [7, 11) is 0. The van der Waals surface area contributed by atoms with Gasteiger partial charge in [0.25, 0.3) is 0 Å². The molecule has 23 heavy (non-hydrogen) atoms. The molecule has 9 heteroatoms. The Kier molecular flexibility index (Phi) is 5.59. The molecular weight excluding hydrogens is 340 g/mol. The second-order valence-electron chi connectivity index (χ2n) is 5.30. The summed E-state index contributed by atoms with van der Waals surface area (Å²) in [4.78, 5) is 1.93. The molecular formula is C14H17ClF4N2O2. The molecule has 3 rings (SSSR count). The second kappa shape index (κ2) is 7.11. The minimum atomic E-state index is -3.70. The zero-order valence-corrected chi connectivity index (χ0v) is 12.9. The molecule has 0 aromatic heterocycles. The van der Waals surface area contributed by atoms with Crippen LogP contribution in [0.2, 0.25) is 0 Å². The van der Waals surface area contributed by atoms with Crippen LogP contribution in [0.3, 0.4) is 0 Å². The molecule has 1 fully saturated rings. The highest BCUT2D eigenvalue weighted by Gasteiger charge is 2.43. The number of fused-ring (bicyclic) bond motifs is 1. The van der Waals surface area contributed by atoms with Gasteiger partial charge in [-0.2, -0.15) is 0 Å². The van der Waals surface area contributed by atoms with Crippen LogP contribution in [-0.2, 0) is 0 Å². The van der Waals surface area contributed by atoms with Crippen LogP contribution < -0.4 is 14.8 Å². The fourth-order valence-corrected chi connectivity index (χ4v) is 2.83. The maximum atomic E-state index is 13.1. The van der Waals surface area contributed by atoms with Crippen molar-refractivity contribution in [3.05, 3.63) is 23.8 Å². The molecule has 0 saturated carbocycles. The van der Waals surface area contributed by atoms with E-state index in [9.17, 15) is 17.6 Å². The summed E-state index contributed by atoms with van der Waals surface area (Å²) in [5.41, 5.74) is 0.530. The Morgan fingerprint density at radius 1 is 1.13 bits per heavy atom. The molecule has 1 aromatic carbocycles. The summed E-state index contributed by atoms with van der Waals surface area (Å²) in [6, 6.07) is 3.71. The van der Waals surface area contributed by atoms with Crippen LogP contribution >= 0.6 is 12.4 Å². The molecule has 4 nitrogen and oxygen atoms in total. The maximum absolute atomic E-state index is 13.1. The minimum Gasteiger partial charge on any atom is -0.395 e. The van der Waals surface area contributed by atoms with E-state index < -0.39 is 18.8 Å². The van der Waals surface area contributed by atoms with Crippen LogP contribution in [0.5, 0.6) is 11.5 Å². The van der Waals surface area contributed by atoms with Gasteiger partial charge in [0, 0.05) is 38.6 Å². The predicted octanol–water partition coefficient (Wildman–Crippen LogP) is 3.03. The zero-order chi connectivity index (χ0) is 15.7. The van der Waals surface area contributed by atoms with Crippen LogP contribution in [0.4, 0.5) is 17.6 Å². The maximum Gasteiger partial charge on any atom is 0.586 e. The highest BCUT2D eigenvalue weighted by molar-refractivity contribution is 5.85. The van der Waals surface area contributed by atoms with Crippen LogP contribution in [0.15, 0.2) is 18.2 Å². The zero-order valence-electron chi connectivity index (χ0n) is 12.1. The molecule has 0 radical (unpaired) electrons. The topological polar surface area (TPSA) is 33.7 Å². The van der Waals surface area contributed by atoms with Gasteiger partial charge in [0.05, 0.1) is 0 Å². The molecule has 0 amide bonds. The molecule has 0 aliphatic carbocycles. The molecule has 1 aromatic rings. The lowest BCUT2D eigenvalue weighted by Gasteiger charge is -2.35. The molecule has 0 spiro atoms. The van der Waals surface area contributed by atoms with E-state index >= 15 is 0 Å². The number of halogens is 5. The molecule has 1 N–H and O–H groups in total. The lowest BCUT2D eigenvalue weighted by Crippen LogP contribution is -2.45. The Hall–Kier alpha value is -1.25. The Morgan fingerprint density at radius 3 is 2.43 bits per heavy atom. The number of piperazine rings is 1. The molecule has 1 saturated heterocycles. The number of nitrogens with zero attached hydrogens (tertiary/aromatic N) is 1. The van der Waals surface area contributed by atoms with E-state index in [-0.39, 0.29) is 30.3 Å².